The zero-order valence-corrected chi connectivity index (χ0v) is 15.9. The van der Waals surface area contributed by atoms with Gasteiger partial charge in [0.15, 0.2) is 0 Å². The van der Waals surface area contributed by atoms with E-state index >= 15 is 0 Å². The largest absolute Gasteiger partial charge is 0.495 e. The van der Waals surface area contributed by atoms with Gasteiger partial charge in [-0.1, -0.05) is 23.7 Å². The number of hydrogen-bond donors (Lipinski definition) is 3. The fraction of sp³-hybridized carbons (Fsp3) is 0.235. The Hall–Kier alpha value is -2.29. The summed E-state index contributed by atoms with van der Waals surface area (Å²) in [6.07, 6.45) is 0.537. The van der Waals surface area contributed by atoms with Crippen molar-refractivity contribution in [3.8, 4) is 5.75 Å². The molecule has 2 amide bonds. The molecule has 2 rings (SSSR count). The smallest absolute Gasteiger partial charge is 0.319 e. The van der Waals surface area contributed by atoms with Crippen LogP contribution in [0, 0.1) is 6.92 Å². The van der Waals surface area contributed by atoms with E-state index < -0.39 is 10.0 Å². The van der Waals surface area contributed by atoms with Crippen molar-refractivity contribution in [1.82, 2.24) is 5.32 Å². The van der Waals surface area contributed by atoms with E-state index in [1.807, 2.05) is 6.92 Å². The van der Waals surface area contributed by atoms with Gasteiger partial charge in [-0.05, 0) is 42.7 Å². The van der Waals surface area contributed by atoms with E-state index in [4.69, 9.17) is 21.5 Å². The Balaban J connectivity index is 1.91. The van der Waals surface area contributed by atoms with Gasteiger partial charge in [0.25, 0.3) is 0 Å². The fourth-order valence-electron chi connectivity index (χ4n) is 2.26. The average Bonchev–Trinajstić information content (AvgIpc) is 2.57. The molecular weight excluding hydrogens is 378 g/mol. The molecule has 0 atom stereocenters. The zero-order valence-electron chi connectivity index (χ0n) is 14.4. The summed E-state index contributed by atoms with van der Waals surface area (Å²) in [4.78, 5) is 12.1. The summed E-state index contributed by atoms with van der Waals surface area (Å²) in [5.41, 5.74) is 2.21. The number of halogens is 1. The maximum atomic E-state index is 12.0. The Morgan fingerprint density at radius 3 is 2.46 bits per heavy atom. The minimum absolute atomic E-state index is 0.0529. The van der Waals surface area contributed by atoms with Crippen LogP contribution in [0.25, 0.3) is 0 Å². The number of primary sulfonamides is 1. The summed E-state index contributed by atoms with van der Waals surface area (Å²) in [5.74, 6) is 0.467. The van der Waals surface area contributed by atoms with Crippen LogP contribution in [-0.4, -0.2) is 28.1 Å². The van der Waals surface area contributed by atoms with Crippen LogP contribution in [0.1, 0.15) is 11.1 Å². The first-order valence-corrected chi connectivity index (χ1v) is 9.64. The van der Waals surface area contributed by atoms with Gasteiger partial charge in [0.2, 0.25) is 10.0 Å². The van der Waals surface area contributed by atoms with Crippen LogP contribution in [0.15, 0.2) is 41.3 Å². The van der Waals surface area contributed by atoms with Gasteiger partial charge in [0.05, 0.1) is 17.7 Å². The molecular formula is C17H20ClN3O4S. The van der Waals surface area contributed by atoms with Gasteiger partial charge < -0.3 is 15.4 Å². The van der Waals surface area contributed by atoms with Crippen molar-refractivity contribution in [3.63, 3.8) is 0 Å². The second-order valence-corrected chi connectivity index (χ2v) is 7.59. The van der Waals surface area contributed by atoms with Crippen molar-refractivity contribution < 1.29 is 17.9 Å². The molecule has 0 radical (unpaired) electrons. The summed E-state index contributed by atoms with van der Waals surface area (Å²) >= 11 is 6.04. The van der Waals surface area contributed by atoms with Crippen molar-refractivity contribution >= 4 is 33.3 Å². The average molecular weight is 398 g/mol. The third kappa shape index (κ3) is 5.35. The molecule has 0 heterocycles. The molecule has 2 aromatic carbocycles. The van der Waals surface area contributed by atoms with Gasteiger partial charge >= 0.3 is 6.03 Å². The fourth-order valence-corrected chi connectivity index (χ4v) is 2.93. The number of rotatable bonds is 6. The van der Waals surface area contributed by atoms with Gasteiger partial charge in [-0.2, -0.15) is 0 Å². The molecule has 0 bridgehead atoms. The molecule has 0 aliphatic carbocycles. The Morgan fingerprint density at radius 2 is 1.88 bits per heavy atom. The lowest BCUT2D eigenvalue weighted by Gasteiger charge is -2.13. The standard InChI is InChI=1S/C17H20ClN3O4S/c1-11-9-15(16(25-2)10-14(11)18)21-17(22)20-8-7-12-3-5-13(6-4-12)26(19,23)24/h3-6,9-10H,7-8H2,1-2H3,(H2,19,23,24)(H2,20,21,22). The van der Waals surface area contributed by atoms with Crippen LogP contribution in [0.4, 0.5) is 10.5 Å². The van der Waals surface area contributed by atoms with E-state index in [0.29, 0.717) is 29.4 Å². The lowest BCUT2D eigenvalue weighted by Crippen LogP contribution is -2.30. The minimum atomic E-state index is -3.70. The number of ether oxygens (including phenoxy) is 1. The molecule has 0 aliphatic rings. The van der Waals surface area contributed by atoms with E-state index in [9.17, 15) is 13.2 Å². The maximum absolute atomic E-state index is 12.0. The molecule has 0 aromatic heterocycles. The summed E-state index contributed by atoms with van der Waals surface area (Å²) in [6.45, 7) is 2.20. The van der Waals surface area contributed by atoms with Crippen molar-refractivity contribution in [3.05, 3.63) is 52.5 Å². The number of aryl methyl sites for hydroxylation is 1. The molecule has 2 aromatic rings. The molecule has 26 heavy (non-hydrogen) atoms. The van der Waals surface area contributed by atoms with Crippen LogP contribution in [0.3, 0.4) is 0 Å². The van der Waals surface area contributed by atoms with Crippen molar-refractivity contribution in [1.29, 1.82) is 0 Å². The highest BCUT2D eigenvalue weighted by Gasteiger charge is 2.10. The first kappa shape index (κ1) is 20.0. The number of hydrogen-bond acceptors (Lipinski definition) is 4. The number of carbonyl (C=O) groups is 1. The monoisotopic (exact) mass is 397 g/mol. The number of carbonyl (C=O) groups excluding carboxylic acids is 1. The third-order valence-electron chi connectivity index (χ3n) is 3.68. The predicted molar refractivity (Wildman–Crippen MR) is 101 cm³/mol. The topological polar surface area (TPSA) is 111 Å². The molecule has 140 valence electrons. The molecule has 7 nitrogen and oxygen atoms in total. The molecule has 0 unspecified atom stereocenters. The molecule has 0 aliphatic heterocycles. The number of anilines is 1. The van der Waals surface area contributed by atoms with E-state index in [1.54, 1.807) is 24.3 Å². The van der Waals surface area contributed by atoms with Crippen molar-refractivity contribution in [2.45, 2.75) is 18.2 Å². The predicted octanol–water partition coefficient (Wildman–Crippen LogP) is 2.67. The minimum Gasteiger partial charge on any atom is -0.495 e. The van der Waals surface area contributed by atoms with Crippen LogP contribution >= 0.6 is 11.6 Å². The van der Waals surface area contributed by atoms with Gasteiger partial charge in [-0.15, -0.1) is 0 Å². The normalized spacial score (nSPS) is 11.1. The van der Waals surface area contributed by atoms with Gasteiger partial charge in [-0.25, -0.2) is 18.4 Å². The van der Waals surface area contributed by atoms with Crippen LogP contribution in [0.5, 0.6) is 5.75 Å². The number of nitrogens with one attached hydrogen (secondary N) is 2. The Morgan fingerprint density at radius 1 is 1.23 bits per heavy atom. The summed E-state index contributed by atoms with van der Waals surface area (Å²) in [7, 11) is -2.21. The number of amides is 2. The maximum Gasteiger partial charge on any atom is 0.319 e. The Labute approximate surface area is 157 Å². The molecule has 9 heteroatoms. The highest BCUT2D eigenvalue weighted by atomic mass is 35.5. The highest BCUT2D eigenvalue weighted by molar-refractivity contribution is 7.89. The molecule has 0 spiro atoms. The Bertz CT molecular complexity index is 899. The van der Waals surface area contributed by atoms with Crippen LogP contribution in [0.2, 0.25) is 5.02 Å². The van der Waals surface area contributed by atoms with E-state index in [0.717, 1.165) is 11.1 Å². The highest BCUT2D eigenvalue weighted by Crippen LogP contribution is 2.30. The number of urea groups is 1. The summed E-state index contributed by atoms with van der Waals surface area (Å²) in [6, 6.07) is 9.17. The van der Waals surface area contributed by atoms with Gasteiger partial charge in [0, 0.05) is 17.6 Å². The molecule has 0 saturated carbocycles. The summed E-state index contributed by atoms with van der Waals surface area (Å²) < 4.78 is 27.6. The second kappa shape index (κ2) is 8.39. The molecule has 0 saturated heterocycles. The van der Waals surface area contributed by atoms with Crippen molar-refractivity contribution in [2.24, 2.45) is 5.14 Å². The number of methoxy groups -OCH3 is 1. The third-order valence-corrected chi connectivity index (χ3v) is 5.02. The Kier molecular flexibility index (Phi) is 6.47. The van der Waals surface area contributed by atoms with Crippen LogP contribution < -0.4 is 20.5 Å². The number of sulfonamides is 1. The lowest BCUT2D eigenvalue weighted by atomic mass is 10.1. The zero-order chi connectivity index (χ0) is 19.3. The second-order valence-electron chi connectivity index (χ2n) is 5.62. The number of benzene rings is 2. The summed E-state index contributed by atoms with van der Waals surface area (Å²) in [5, 5.41) is 11.0. The first-order chi connectivity index (χ1) is 12.2. The quantitative estimate of drug-likeness (QED) is 0.695. The van der Waals surface area contributed by atoms with Gasteiger partial charge in [0.1, 0.15) is 5.75 Å². The van der Waals surface area contributed by atoms with E-state index in [1.165, 1.54) is 19.2 Å². The number of nitrogens with two attached hydrogens (primary N) is 1. The SMILES string of the molecule is COc1cc(Cl)c(C)cc1NC(=O)NCCc1ccc(S(N)(=O)=O)cc1. The molecule has 4 N–H and O–H groups in total. The lowest BCUT2D eigenvalue weighted by molar-refractivity contribution is 0.252. The van der Waals surface area contributed by atoms with E-state index in [-0.39, 0.29) is 10.9 Å². The van der Waals surface area contributed by atoms with E-state index in [2.05, 4.69) is 10.6 Å². The van der Waals surface area contributed by atoms with Gasteiger partial charge in [-0.3, -0.25) is 0 Å². The first-order valence-electron chi connectivity index (χ1n) is 7.71. The van der Waals surface area contributed by atoms with Crippen molar-refractivity contribution in [2.75, 3.05) is 19.0 Å². The van der Waals surface area contributed by atoms with Crippen LogP contribution in [-0.2, 0) is 16.4 Å². The molecule has 0 fully saturated rings.